The Bertz CT molecular complexity index is 870. The maximum atomic E-state index is 13.0. The predicted octanol–water partition coefficient (Wildman–Crippen LogP) is 2.29. The van der Waals surface area contributed by atoms with Crippen molar-refractivity contribution in [3.8, 4) is 5.75 Å². The van der Waals surface area contributed by atoms with Crippen LogP contribution in [0.2, 0.25) is 0 Å². The number of rotatable bonds is 8. The molecule has 0 saturated heterocycles. The molecule has 0 aromatic heterocycles. The van der Waals surface area contributed by atoms with Crippen LogP contribution >= 0.6 is 0 Å². The summed E-state index contributed by atoms with van der Waals surface area (Å²) in [7, 11) is 0. The molecule has 2 atom stereocenters. The fraction of sp³-hybridized carbons (Fsp3) is 0.304. The van der Waals surface area contributed by atoms with Crippen LogP contribution in [0.3, 0.4) is 0 Å². The zero-order valence-electron chi connectivity index (χ0n) is 17.1. The second kappa shape index (κ2) is 9.89. The number of hydrogen-bond acceptors (Lipinski definition) is 4. The average molecular weight is 396 g/mol. The van der Waals surface area contributed by atoms with Crippen LogP contribution in [-0.4, -0.2) is 40.4 Å². The quantitative estimate of drug-likeness (QED) is 0.637. The highest BCUT2D eigenvalue weighted by atomic mass is 16.3. The molecule has 0 aliphatic heterocycles. The van der Waals surface area contributed by atoms with E-state index in [0.717, 1.165) is 22.3 Å². The number of primary amides is 1. The van der Waals surface area contributed by atoms with Gasteiger partial charge in [0.05, 0.1) is 6.04 Å². The van der Waals surface area contributed by atoms with E-state index in [-0.39, 0.29) is 18.2 Å². The Balaban J connectivity index is 2.18. The minimum atomic E-state index is -0.830. The summed E-state index contributed by atoms with van der Waals surface area (Å²) in [6, 6.07) is 11.3. The number of aromatic hydroxyl groups is 1. The molecule has 2 aromatic carbocycles. The van der Waals surface area contributed by atoms with Gasteiger partial charge in [0.2, 0.25) is 11.8 Å². The van der Waals surface area contributed by atoms with E-state index in [1.165, 1.54) is 4.90 Å². The van der Waals surface area contributed by atoms with Crippen molar-refractivity contribution in [3.05, 3.63) is 70.8 Å². The van der Waals surface area contributed by atoms with E-state index in [1.807, 2.05) is 56.3 Å². The number of phenolic OH excluding ortho intramolecular Hbond substituents is 1. The van der Waals surface area contributed by atoms with Crippen molar-refractivity contribution in [2.75, 3.05) is 6.54 Å². The molecular weight excluding hydrogens is 366 g/mol. The lowest BCUT2D eigenvalue weighted by molar-refractivity contribution is -0.139. The van der Waals surface area contributed by atoms with Crippen LogP contribution in [-0.2, 0) is 16.0 Å². The van der Waals surface area contributed by atoms with Crippen molar-refractivity contribution < 1.29 is 14.7 Å². The number of benzene rings is 2. The number of nitrogens with zero attached hydrogens (tertiary/aromatic N) is 1. The topological polar surface area (TPSA) is 110 Å². The first-order valence-electron chi connectivity index (χ1n) is 9.56. The van der Waals surface area contributed by atoms with E-state index < -0.39 is 18.0 Å². The summed E-state index contributed by atoms with van der Waals surface area (Å²) < 4.78 is 0. The molecule has 0 saturated carbocycles. The summed E-state index contributed by atoms with van der Waals surface area (Å²) in [5.41, 5.74) is 15.3. The Morgan fingerprint density at radius 2 is 1.72 bits per heavy atom. The molecule has 0 aliphatic carbocycles. The van der Waals surface area contributed by atoms with Gasteiger partial charge in [0, 0.05) is 6.54 Å². The molecule has 0 aliphatic rings. The monoisotopic (exact) mass is 395 g/mol. The summed E-state index contributed by atoms with van der Waals surface area (Å²) in [5, 5.41) is 9.71. The predicted molar refractivity (Wildman–Crippen MR) is 115 cm³/mol. The number of hydrogen-bond donors (Lipinski definition) is 3. The molecule has 6 nitrogen and oxygen atoms in total. The first-order chi connectivity index (χ1) is 13.7. The van der Waals surface area contributed by atoms with E-state index >= 15 is 0 Å². The first-order valence-corrected chi connectivity index (χ1v) is 9.56. The average Bonchev–Trinajstić information content (AvgIpc) is 2.67. The Morgan fingerprint density at radius 1 is 1.14 bits per heavy atom. The number of carbonyl (C=O) groups excluding carboxylic acids is 2. The summed E-state index contributed by atoms with van der Waals surface area (Å²) in [4.78, 5) is 26.2. The van der Waals surface area contributed by atoms with Gasteiger partial charge in [0.25, 0.3) is 0 Å². The van der Waals surface area contributed by atoms with Crippen LogP contribution in [0.1, 0.15) is 29.2 Å². The van der Waals surface area contributed by atoms with Crippen molar-refractivity contribution in [1.82, 2.24) is 4.90 Å². The summed E-state index contributed by atoms with van der Waals surface area (Å²) in [6.07, 6.45) is 4.01. The highest BCUT2D eigenvalue weighted by Crippen LogP contribution is 2.22. The minimum absolute atomic E-state index is 0.179. The Hall–Kier alpha value is -3.12. The molecular formula is C23H29N3O3. The maximum absolute atomic E-state index is 13.0. The molecule has 154 valence electrons. The smallest absolute Gasteiger partial charge is 0.240 e. The van der Waals surface area contributed by atoms with Gasteiger partial charge in [-0.15, -0.1) is 0 Å². The minimum Gasteiger partial charge on any atom is -0.508 e. The van der Waals surface area contributed by atoms with Gasteiger partial charge < -0.3 is 21.5 Å². The molecule has 2 aromatic rings. The van der Waals surface area contributed by atoms with Crippen molar-refractivity contribution in [1.29, 1.82) is 0 Å². The van der Waals surface area contributed by atoms with E-state index in [0.29, 0.717) is 6.42 Å². The van der Waals surface area contributed by atoms with Gasteiger partial charge in [-0.3, -0.25) is 9.59 Å². The molecule has 29 heavy (non-hydrogen) atoms. The maximum Gasteiger partial charge on any atom is 0.240 e. The van der Waals surface area contributed by atoms with Crippen LogP contribution in [0.15, 0.2) is 48.5 Å². The van der Waals surface area contributed by atoms with Crippen LogP contribution in [0.5, 0.6) is 5.75 Å². The molecule has 0 radical (unpaired) electrons. The Kier molecular flexibility index (Phi) is 7.56. The first kappa shape index (κ1) is 22.2. The number of amides is 2. The second-order valence-corrected chi connectivity index (χ2v) is 7.25. The largest absolute Gasteiger partial charge is 0.508 e. The standard InChI is InChI=1S/C23H29N3O3/c1-15-12-19(27)13-16(2)20(15)14-21(24)23(29)26(17(3)22(25)28)11-7-10-18-8-5-4-6-9-18/h4-10,12-13,17,21,27H,11,14,24H2,1-3H3,(H2,25,28)/b10-7+/t17-,21+/m1/s1. The van der Waals surface area contributed by atoms with Crippen molar-refractivity contribution >= 4 is 17.9 Å². The third kappa shape index (κ3) is 5.93. The Labute approximate surface area is 171 Å². The SMILES string of the molecule is Cc1cc(O)cc(C)c1C[C@H](N)C(=O)N(C/C=C/c1ccccc1)[C@H](C)C(N)=O. The number of aryl methyl sites for hydroxylation is 2. The summed E-state index contributed by atoms with van der Waals surface area (Å²) in [6.45, 7) is 5.55. The number of carbonyl (C=O) groups is 2. The molecule has 2 amide bonds. The number of nitrogens with two attached hydrogens (primary N) is 2. The lowest BCUT2D eigenvalue weighted by Crippen LogP contribution is -2.52. The highest BCUT2D eigenvalue weighted by molar-refractivity contribution is 5.89. The lowest BCUT2D eigenvalue weighted by atomic mass is 9.95. The van der Waals surface area contributed by atoms with Crippen molar-refractivity contribution in [2.45, 2.75) is 39.3 Å². The van der Waals surface area contributed by atoms with Crippen molar-refractivity contribution in [3.63, 3.8) is 0 Å². The third-order valence-corrected chi connectivity index (χ3v) is 5.00. The fourth-order valence-corrected chi connectivity index (χ4v) is 3.27. The molecule has 0 bridgehead atoms. The lowest BCUT2D eigenvalue weighted by Gasteiger charge is -2.29. The van der Waals surface area contributed by atoms with E-state index in [2.05, 4.69) is 0 Å². The molecule has 5 N–H and O–H groups in total. The molecule has 0 heterocycles. The van der Waals surface area contributed by atoms with Gasteiger partial charge in [-0.1, -0.05) is 42.5 Å². The van der Waals surface area contributed by atoms with Crippen LogP contribution in [0.25, 0.3) is 6.08 Å². The number of phenols is 1. The van der Waals surface area contributed by atoms with Gasteiger partial charge >= 0.3 is 0 Å². The Morgan fingerprint density at radius 3 is 2.28 bits per heavy atom. The van der Waals surface area contributed by atoms with Crippen LogP contribution < -0.4 is 11.5 Å². The third-order valence-electron chi connectivity index (χ3n) is 5.00. The van der Waals surface area contributed by atoms with Gasteiger partial charge in [-0.25, -0.2) is 0 Å². The second-order valence-electron chi connectivity index (χ2n) is 7.25. The molecule has 2 rings (SSSR count). The van der Waals surface area contributed by atoms with E-state index in [4.69, 9.17) is 11.5 Å². The highest BCUT2D eigenvalue weighted by Gasteiger charge is 2.28. The zero-order valence-corrected chi connectivity index (χ0v) is 17.1. The van der Waals surface area contributed by atoms with Crippen molar-refractivity contribution in [2.24, 2.45) is 11.5 Å². The van der Waals surface area contributed by atoms with E-state index in [1.54, 1.807) is 19.1 Å². The van der Waals surface area contributed by atoms with Gasteiger partial charge in [-0.05, 0) is 61.6 Å². The van der Waals surface area contributed by atoms with E-state index in [9.17, 15) is 14.7 Å². The van der Waals surface area contributed by atoms with Crippen LogP contribution in [0, 0.1) is 13.8 Å². The fourth-order valence-electron chi connectivity index (χ4n) is 3.27. The summed E-state index contributed by atoms with van der Waals surface area (Å²) >= 11 is 0. The van der Waals surface area contributed by atoms with Gasteiger partial charge in [0.15, 0.2) is 0 Å². The molecule has 0 fully saturated rings. The van der Waals surface area contributed by atoms with Gasteiger partial charge in [-0.2, -0.15) is 0 Å². The molecule has 0 spiro atoms. The molecule has 6 heteroatoms. The molecule has 0 unspecified atom stereocenters. The van der Waals surface area contributed by atoms with Gasteiger partial charge in [0.1, 0.15) is 11.8 Å². The zero-order chi connectivity index (χ0) is 21.6. The normalized spacial score (nSPS) is 13.2. The van der Waals surface area contributed by atoms with Crippen LogP contribution in [0.4, 0.5) is 0 Å². The summed E-state index contributed by atoms with van der Waals surface area (Å²) in [5.74, 6) is -0.754.